The van der Waals surface area contributed by atoms with Crippen LogP contribution < -0.4 is 0 Å². The Kier molecular flexibility index (Phi) is 2.41. The van der Waals surface area contributed by atoms with E-state index in [0.717, 1.165) is 10.1 Å². The molecule has 0 saturated heterocycles. The van der Waals surface area contributed by atoms with E-state index in [1.54, 1.807) is 35.2 Å². The summed E-state index contributed by atoms with van der Waals surface area (Å²) in [5.41, 5.74) is 0. The summed E-state index contributed by atoms with van der Waals surface area (Å²) in [6.07, 6.45) is 2.01. The molecule has 68 valence electrons. The normalized spacial score (nSPS) is 10.9. The highest BCUT2D eigenvalue weighted by atomic mass is 35.5. The minimum Gasteiger partial charge on any atom is -0.507 e. The number of aromatic hydroxyl groups is 1. The molecule has 0 fully saturated rings. The van der Waals surface area contributed by atoms with Crippen LogP contribution in [-0.2, 0) is 0 Å². The minimum atomic E-state index is 0.302. The molecule has 0 aliphatic carbocycles. The first-order valence-corrected chi connectivity index (χ1v) is 6.09. The van der Waals surface area contributed by atoms with Crippen molar-refractivity contribution in [1.82, 2.24) is 0 Å². The van der Waals surface area contributed by atoms with Crippen LogP contribution >= 0.6 is 34.7 Å². The number of halogens is 1. The largest absolute Gasteiger partial charge is 0.507 e. The average Bonchev–Trinajstić information content (AvgIpc) is 2.56. The van der Waals surface area contributed by atoms with Crippen LogP contribution in [0, 0.1) is 0 Å². The van der Waals surface area contributed by atoms with E-state index >= 15 is 0 Å². The molecule has 1 nitrogen and oxygen atoms in total. The zero-order valence-corrected chi connectivity index (χ0v) is 9.26. The van der Waals surface area contributed by atoms with Gasteiger partial charge in [-0.2, -0.15) is 0 Å². The van der Waals surface area contributed by atoms with E-state index in [9.17, 15) is 5.11 Å². The molecular weight excluding hydrogens is 224 g/mol. The average molecular weight is 231 g/mol. The number of hydrogen-bond donors (Lipinski definition) is 1. The summed E-state index contributed by atoms with van der Waals surface area (Å²) in [5, 5.41) is 11.1. The summed E-state index contributed by atoms with van der Waals surface area (Å²) in [7, 11) is 0. The third kappa shape index (κ3) is 1.52. The fourth-order valence-corrected chi connectivity index (χ4v) is 3.07. The molecule has 0 radical (unpaired) electrons. The Balaban J connectivity index is 2.80. The number of rotatable bonds is 1. The maximum Gasteiger partial charge on any atom is 0.124 e. The van der Waals surface area contributed by atoms with Crippen LogP contribution in [0.4, 0.5) is 0 Å². The molecule has 4 heteroatoms. The van der Waals surface area contributed by atoms with E-state index in [0.29, 0.717) is 10.8 Å². The Labute approximate surface area is 89.3 Å². The lowest BCUT2D eigenvalue weighted by molar-refractivity contribution is 0.482. The van der Waals surface area contributed by atoms with E-state index in [2.05, 4.69) is 0 Å². The van der Waals surface area contributed by atoms with Crippen LogP contribution in [0.1, 0.15) is 0 Å². The molecule has 1 heterocycles. The van der Waals surface area contributed by atoms with Gasteiger partial charge < -0.3 is 5.11 Å². The molecule has 13 heavy (non-hydrogen) atoms. The molecule has 0 atom stereocenters. The highest BCUT2D eigenvalue weighted by Crippen LogP contribution is 2.40. The Morgan fingerprint density at radius 2 is 2.23 bits per heavy atom. The van der Waals surface area contributed by atoms with Gasteiger partial charge in [0.25, 0.3) is 0 Å². The second-order valence-electron chi connectivity index (χ2n) is 2.58. The number of phenolic OH excluding ortho intramolecular Hbond substituents is 1. The van der Waals surface area contributed by atoms with Crippen LogP contribution in [0.2, 0.25) is 5.02 Å². The van der Waals surface area contributed by atoms with Crippen molar-refractivity contribution in [2.45, 2.75) is 4.21 Å². The molecule has 0 aliphatic heterocycles. The van der Waals surface area contributed by atoms with Crippen molar-refractivity contribution < 1.29 is 5.11 Å². The molecule has 2 rings (SSSR count). The summed E-state index contributed by atoms with van der Waals surface area (Å²) in [4.78, 5) is 0. The highest BCUT2D eigenvalue weighted by Gasteiger charge is 2.07. The topological polar surface area (TPSA) is 20.2 Å². The predicted molar refractivity (Wildman–Crippen MR) is 60.3 cm³/mol. The van der Waals surface area contributed by atoms with E-state index in [1.165, 1.54) is 4.21 Å². The first-order chi connectivity index (χ1) is 6.22. The van der Waals surface area contributed by atoms with Gasteiger partial charge in [0, 0.05) is 5.39 Å². The molecular formula is C9H7ClOS2. The van der Waals surface area contributed by atoms with Crippen molar-refractivity contribution in [3.05, 3.63) is 23.2 Å². The Hall–Kier alpha value is -0.380. The number of thioether (sulfide) groups is 1. The number of hydrogen-bond acceptors (Lipinski definition) is 3. The van der Waals surface area contributed by atoms with Gasteiger partial charge in [0.2, 0.25) is 0 Å². The van der Waals surface area contributed by atoms with Gasteiger partial charge in [-0.05, 0) is 24.5 Å². The molecule has 1 N–H and O–H groups in total. The minimum absolute atomic E-state index is 0.302. The van der Waals surface area contributed by atoms with Gasteiger partial charge in [0.05, 0.1) is 13.9 Å². The lowest BCUT2D eigenvalue weighted by atomic mass is 10.2. The van der Waals surface area contributed by atoms with E-state index in [-0.39, 0.29) is 0 Å². The number of fused-ring (bicyclic) bond motifs is 1. The van der Waals surface area contributed by atoms with Crippen LogP contribution in [-0.4, -0.2) is 11.4 Å². The van der Waals surface area contributed by atoms with Crippen LogP contribution in [0.3, 0.4) is 0 Å². The molecule has 0 amide bonds. The van der Waals surface area contributed by atoms with Crippen molar-refractivity contribution >= 4 is 44.8 Å². The predicted octanol–water partition coefficient (Wildman–Crippen LogP) is 3.98. The Bertz CT molecular complexity index is 411. The Morgan fingerprint density at radius 1 is 1.46 bits per heavy atom. The fraction of sp³-hybridized carbons (Fsp3) is 0.111. The third-order valence-electron chi connectivity index (χ3n) is 1.79. The SMILES string of the molecule is CSc1cc2c(O)ccc(Cl)c2s1. The quantitative estimate of drug-likeness (QED) is 0.748. The van der Waals surface area contributed by atoms with Gasteiger partial charge in [-0.25, -0.2) is 0 Å². The smallest absolute Gasteiger partial charge is 0.124 e. The second-order valence-corrected chi connectivity index (χ2v) is 5.14. The van der Waals surface area contributed by atoms with Gasteiger partial charge in [-0.3, -0.25) is 0 Å². The van der Waals surface area contributed by atoms with E-state index in [1.807, 2.05) is 12.3 Å². The third-order valence-corrected chi connectivity index (χ3v) is 4.45. The van der Waals surface area contributed by atoms with Crippen molar-refractivity contribution in [3.8, 4) is 5.75 Å². The molecule has 0 unspecified atom stereocenters. The van der Waals surface area contributed by atoms with Gasteiger partial charge in [0.1, 0.15) is 5.75 Å². The van der Waals surface area contributed by atoms with E-state index < -0.39 is 0 Å². The summed E-state index contributed by atoms with van der Waals surface area (Å²) < 4.78 is 2.13. The fourth-order valence-electron chi connectivity index (χ4n) is 1.15. The lowest BCUT2D eigenvalue weighted by Crippen LogP contribution is -1.67. The van der Waals surface area contributed by atoms with Crippen molar-refractivity contribution in [2.24, 2.45) is 0 Å². The highest BCUT2D eigenvalue weighted by molar-refractivity contribution is 8.00. The molecule has 1 aromatic carbocycles. The summed E-state index contributed by atoms with van der Waals surface area (Å²) in [6, 6.07) is 5.31. The van der Waals surface area contributed by atoms with Gasteiger partial charge in [-0.15, -0.1) is 23.1 Å². The first-order valence-electron chi connectivity index (χ1n) is 3.67. The van der Waals surface area contributed by atoms with Crippen LogP contribution in [0.25, 0.3) is 10.1 Å². The van der Waals surface area contributed by atoms with Gasteiger partial charge >= 0.3 is 0 Å². The molecule has 2 aromatic rings. The number of thiophene rings is 1. The maximum absolute atomic E-state index is 9.54. The van der Waals surface area contributed by atoms with Gasteiger partial charge in [0.15, 0.2) is 0 Å². The van der Waals surface area contributed by atoms with Crippen molar-refractivity contribution in [1.29, 1.82) is 0 Å². The van der Waals surface area contributed by atoms with E-state index in [4.69, 9.17) is 11.6 Å². The standard InChI is InChI=1S/C9H7ClOS2/c1-12-8-4-5-7(11)3-2-6(10)9(5)13-8/h2-4,11H,1H3. The molecule has 0 spiro atoms. The maximum atomic E-state index is 9.54. The van der Waals surface area contributed by atoms with Crippen molar-refractivity contribution in [3.63, 3.8) is 0 Å². The summed E-state index contributed by atoms with van der Waals surface area (Å²) >= 11 is 9.26. The first kappa shape index (κ1) is 9.19. The zero-order valence-electron chi connectivity index (χ0n) is 6.87. The lowest BCUT2D eigenvalue weighted by Gasteiger charge is -1.94. The summed E-state index contributed by atoms with van der Waals surface area (Å²) in [6.45, 7) is 0. The van der Waals surface area contributed by atoms with Crippen LogP contribution in [0.15, 0.2) is 22.4 Å². The number of phenols is 1. The summed E-state index contributed by atoms with van der Waals surface area (Å²) in [5.74, 6) is 0.302. The second kappa shape index (κ2) is 3.40. The Morgan fingerprint density at radius 3 is 2.85 bits per heavy atom. The van der Waals surface area contributed by atoms with Crippen LogP contribution in [0.5, 0.6) is 5.75 Å². The van der Waals surface area contributed by atoms with Gasteiger partial charge in [-0.1, -0.05) is 11.6 Å². The number of benzene rings is 1. The molecule has 0 bridgehead atoms. The molecule has 1 aromatic heterocycles. The monoisotopic (exact) mass is 230 g/mol. The molecule has 0 saturated carbocycles. The molecule has 0 aliphatic rings. The van der Waals surface area contributed by atoms with Crippen molar-refractivity contribution in [2.75, 3.05) is 6.26 Å². The zero-order chi connectivity index (χ0) is 9.42.